The lowest BCUT2D eigenvalue weighted by molar-refractivity contribution is 0.539. The first kappa shape index (κ1) is 12.6. The summed E-state index contributed by atoms with van der Waals surface area (Å²) >= 11 is 7.25. The number of thioether (sulfide) groups is 1. The molecule has 0 bridgehead atoms. The van der Waals surface area contributed by atoms with E-state index in [9.17, 15) is 0 Å². The Kier molecular flexibility index (Phi) is 3.89. The van der Waals surface area contributed by atoms with Crippen molar-refractivity contribution in [2.45, 2.75) is 26.3 Å². The van der Waals surface area contributed by atoms with Crippen LogP contribution in [0.5, 0.6) is 0 Å². The molecule has 0 aromatic carbocycles. The molecule has 5 heteroatoms. The number of hydrogen-bond donors (Lipinski definition) is 1. The molecule has 0 fully saturated rings. The fourth-order valence-electron chi connectivity index (χ4n) is 1.94. The monoisotopic (exact) mass is 267 g/mol. The SMILES string of the molecule is CSCCC(C)n1c(=S)[nH]c2cc(C)cnc21. The van der Waals surface area contributed by atoms with Crippen molar-refractivity contribution >= 4 is 35.1 Å². The predicted molar refractivity (Wildman–Crippen MR) is 77.4 cm³/mol. The maximum absolute atomic E-state index is 5.38. The molecule has 0 saturated heterocycles. The molecule has 92 valence electrons. The number of H-pyrrole nitrogens is 1. The Morgan fingerprint density at radius 3 is 3.06 bits per heavy atom. The van der Waals surface area contributed by atoms with Gasteiger partial charge in [-0.15, -0.1) is 0 Å². The molecule has 0 amide bonds. The van der Waals surface area contributed by atoms with Crippen LogP contribution in [0.2, 0.25) is 0 Å². The lowest BCUT2D eigenvalue weighted by Crippen LogP contribution is -2.07. The van der Waals surface area contributed by atoms with E-state index in [4.69, 9.17) is 12.2 Å². The van der Waals surface area contributed by atoms with Crippen molar-refractivity contribution in [1.29, 1.82) is 0 Å². The van der Waals surface area contributed by atoms with Gasteiger partial charge in [-0.25, -0.2) is 4.98 Å². The van der Waals surface area contributed by atoms with Gasteiger partial charge in [-0.3, -0.25) is 4.57 Å². The second kappa shape index (κ2) is 5.23. The third-order valence-corrected chi connectivity index (χ3v) is 3.82. The molecule has 17 heavy (non-hydrogen) atoms. The summed E-state index contributed by atoms with van der Waals surface area (Å²) in [4.78, 5) is 7.72. The summed E-state index contributed by atoms with van der Waals surface area (Å²) in [6.45, 7) is 4.23. The molecule has 3 nitrogen and oxygen atoms in total. The first-order valence-electron chi connectivity index (χ1n) is 5.69. The predicted octanol–water partition coefficient (Wildman–Crippen LogP) is 3.72. The summed E-state index contributed by atoms with van der Waals surface area (Å²) in [6, 6.07) is 2.48. The molecule has 2 heterocycles. The summed E-state index contributed by atoms with van der Waals surface area (Å²) in [5.41, 5.74) is 3.15. The summed E-state index contributed by atoms with van der Waals surface area (Å²) in [6.07, 6.45) is 5.13. The summed E-state index contributed by atoms with van der Waals surface area (Å²) in [5.74, 6) is 1.14. The van der Waals surface area contributed by atoms with Crippen molar-refractivity contribution < 1.29 is 0 Å². The average Bonchev–Trinajstić information content (AvgIpc) is 2.61. The van der Waals surface area contributed by atoms with Crippen LogP contribution in [0.4, 0.5) is 0 Å². The van der Waals surface area contributed by atoms with Crippen molar-refractivity contribution in [3.05, 3.63) is 22.6 Å². The number of aryl methyl sites for hydroxylation is 1. The van der Waals surface area contributed by atoms with Crippen LogP contribution in [-0.4, -0.2) is 26.5 Å². The molecule has 0 saturated carbocycles. The van der Waals surface area contributed by atoms with E-state index in [-0.39, 0.29) is 0 Å². The van der Waals surface area contributed by atoms with E-state index in [2.05, 4.69) is 33.8 Å². The highest BCUT2D eigenvalue weighted by molar-refractivity contribution is 7.98. The number of hydrogen-bond acceptors (Lipinski definition) is 3. The third-order valence-electron chi connectivity index (χ3n) is 2.87. The molecule has 1 N–H and O–H groups in total. The minimum Gasteiger partial charge on any atom is -0.329 e. The van der Waals surface area contributed by atoms with Crippen LogP contribution in [0.15, 0.2) is 12.3 Å². The van der Waals surface area contributed by atoms with Crippen molar-refractivity contribution in [2.75, 3.05) is 12.0 Å². The van der Waals surface area contributed by atoms with Crippen molar-refractivity contribution in [3.8, 4) is 0 Å². The third kappa shape index (κ3) is 2.55. The molecule has 2 rings (SSSR count). The maximum atomic E-state index is 5.38. The Balaban J connectivity index is 2.46. The minimum atomic E-state index is 0.388. The number of nitrogens with zero attached hydrogens (tertiary/aromatic N) is 2. The molecular formula is C12H17N3S2. The fourth-order valence-corrected chi connectivity index (χ4v) is 2.90. The second-order valence-electron chi connectivity index (χ2n) is 4.31. The number of aromatic nitrogens is 3. The summed E-state index contributed by atoms with van der Waals surface area (Å²) in [5, 5.41) is 0. The van der Waals surface area contributed by atoms with Gasteiger partial charge < -0.3 is 4.98 Å². The minimum absolute atomic E-state index is 0.388. The molecule has 2 aromatic rings. The molecule has 1 atom stereocenters. The van der Waals surface area contributed by atoms with Crippen LogP contribution in [-0.2, 0) is 0 Å². The van der Waals surface area contributed by atoms with Gasteiger partial charge in [0.1, 0.15) is 0 Å². The van der Waals surface area contributed by atoms with Gasteiger partial charge in [-0.1, -0.05) is 0 Å². The van der Waals surface area contributed by atoms with Gasteiger partial charge >= 0.3 is 0 Å². The van der Waals surface area contributed by atoms with Gasteiger partial charge in [-0.05, 0) is 56.1 Å². The molecule has 0 aliphatic heterocycles. The van der Waals surface area contributed by atoms with Gasteiger partial charge in [0.2, 0.25) is 0 Å². The number of aromatic amines is 1. The van der Waals surface area contributed by atoms with E-state index in [1.54, 1.807) is 0 Å². The Bertz CT molecular complexity index is 571. The number of pyridine rings is 1. The van der Waals surface area contributed by atoms with Crippen molar-refractivity contribution in [1.82, 2.24) is 14.5 Å². The highest BCUT2D eigenvalue weighted by Gasteiger charge is 2.11. The van der Waals surface area contributed by atoms with Crippen LogP contribution < -0.4 is 0 Å². The molecule has 2 aromatic heterocycles. The van der Waals surface area contributed by atoms with E-state index in [1.807, 2.05) is 24.9 Å². The van der Waals surface area contributed by atoms with Gasteiger partial charge in [0.05, 0.1) is 5.52 Å². The number of fused-ring (bicyclic) bond motifs is 1. The van der Waals surface area contributed by atoms with Crippen molar-refractivity contribution in [2.24, 2.45) is 0 Å². The standard InChI is InChI=1S/C12H17N3S2/c1-8-6-10-11(13-7-8)15(12(16)14-10)9(2)4-5-17-3/h6-7,9H,4-5H2,1-3H3,(H,14,16). The normalized spacial score (nSPS) is 13.1. The van der Waals surface area contributed by atoms with E-state index in [0.717, 1.165) is 33.7 Å². The van der Waals surface area contributed by atoms with Gasteiger partial charge in [0, 0.05) is 12.2 Å². The lowest BCUT2D eigenvalue weighted by Gasteiger charge is -2.13. The molecule has 0 aliphatic carbocycles. The molecular weight excluding hydrogens is 250 g/mol. The molecule has 1 unspecified atom stereocenters. The van der Waals surface area contributed by atoms with E-state index in [0.29, 0.717) is 6.04 Å². The Labute approximate surface area is 111 Å². The van der Waals surface area contributed by atoms with Crippen molar-refractivity contribution in [3.63, 3.8) is 0 Å². The van der Waals surface area contributed by atoms with E-state index >= 15 is 0 Å². The number of imidazole rings is 1. The average molecular weight is 267 g/mol. The zero-order chi connectivity index (χ0) is 12.4. The highest BCUT2D eigenvalue weighted by Crippen LogP contribution is 2.21. The zero-order valence-electron chi connectivity index (χ0n) is 10.4. The van der Waals surface area contributed by atoms with E-state index < -0.39 is 0 Å². The van der Waals surface area contributed by atoms with Gasteiger partial charge in [-0.2, -0.15) is 11.8 Å². The Morgan fingerprint density at radius 1 is 1.59 bits per heavy atom. The van der Waals surface area contributed by atoms with Crippen LogP contribution in [0.3, 0.4) is 0 Å². The zero-order valence-corrected chi connectivity index (χ0v) is 12.0. The Hall–Kier alpha value is -0.810. The van der Waals surface area contributed by atoms with Crippen LogP contribution in [0.25, 0.3) is 11.2 Å². The molecule has 0 aliphatic rings. The first-order valence-corrected chi connectivity index (χ1v) is 7.49. The second-order valence-corrected chi connectivity index (χ2v) is 5.69. The molecule has 0 radical (unpaired) electrons. The van der Waals surface area contributed by atoms with Crippen LogP contribution in [0.1, 0.15) is 24.9 Å². The first-order chi connectivity index (χ1) is 8.13. The number of rotatable bonds is 4. The Morgan fingerprint density at radius 2 is 2.35 bits per heavy atom. The van der Waals surface area contributed by atoms with Crippen LogP contribution >= 0.6 is 24.0 Å². The highest BCUT2D eigenvalue weighted by atomic mass is 32.2. The lowest BCUT2D eigenvalue weighted by atomic mass is 10.2. The van der Waals surface area contributed by atoms with E-state index in [1.165, 1.54) is 0 Å². The summed E-state index contributed by atoms with van der Waals surface area (Å²) in [7, 11) is 0. The molecule has 0 spiro atoms. The fraction of sp³-hybridized carbons (Fsp3) is 0.500. The smallest absolute Gasteiger partial charge is 0.179 e. The summed E-state index contributed by atoms with van der Waals surface area (Å²) < 4.78 is 2.90. The van der Waals surface area contributed by atoms with Crippen LogP contribution in [0, 0.1) is 11.7 Å². The van der Waals surface area contributed by atoms with Gasteiger partial charge in [0.25, 0.3) is 0 Å². The largest absolute Gasteiger partial charge is 0.329 e. The quantitative estimate of drug-likeness (QED) is 0.857. The maximum Gasteiger partial charge on any atom is 0.179 e. The topological polar surface area (TPSA) is 33.6 Å². The van der Waals surface area contributed by atoms with Gasteiger partial charge in [0.15, 0.2) is 10.4 Å². The number of nitrogens with one attached hydrogen (secondary N) is 1.